The van der Waals surface area contributed by atoms with E-state index in [-0.39, 0.29) is 24.1 Å². The number of hydrogen-bond donors (Lipinski definition) is 2. The molecule has 0 radical (unpaired) electrons. The summed E-state index contributed by atoms with van der Waals surface area (Å²) in [5.74, 6) is 0.242. The lowest BCUT2D eigenvalue weighted by atomic mass is 10.2. The first-order valence-corrected chi connectivity index (χ1v) is 11.8. The van der Waals surface area contributed by atoms with Crippen molar-refractivity contribution in [3.63, 3.8) is 0 Å². The van der Waals surface area contributed by atoms with Gasteiger partial charge in [-0.05, 0) is 24.6 Å². The summed E-state index contributed by atoms with van der Waals surface area (Å²) in [6, 6.07) is 7.25. The summed E-state index contributed by atoms with van der Waals surface area (Å²) in [4.78, 5) is 28.6. The van der Waals surface area contributed by atoms with Gasteiger partial charge in [0.2, 0.25) is 11.8 Å². The average Bonchev–Trinajstić information content (AvgIpc) is 3.36. The molecule has 0 unspecified atom stereocenters. The zero-order chi connectivity index (χ0) is 22.9. The smallest absolute Gasteiger partial charge is 0.244 e. The Bertz CT molecular complexity index is 1140. The van der Waals surface area contributed by atoms with Crippen molar-refractivity contribution >= 4 is 57.7 Å². The van der Waals surface area contributed by atoms with Gasteiger partial charge in [0.1, 0.15) is 0 Å². The van der Waals surface area contributed by atoms with Gasteiger partial charge in [-0.1, -0.05) is 47.6 Å². The van der Waals surface area contributed by atoms with Crippen LogP contribution in [0, 0.1) is 6.92 Å². The molecule has 0 aliphatic carbocycles. The van der Waals surface area contributed by atoms with Gasteiger partial charge in [0.25, 0.3) is 0 Å². The number of thiazole rings is 1. The molecule has 0 aliphatic heterocycles. The zero-order valence-corrected chi connectivity index (χ0v) is 19.6. The van der Waals surface area contributed by atoms with E-state index in [0.717, 1.165) is 11.3 Å². The van der Waals surface area contributed by atoms with Crippen LogP contribution < -0.4 is 10.6 Å². The van der Waals surface area contributed by atoms with Crippen LogP contribution in [-0.2, 0) is 22.7 Å². The third kappa shape index (κ3) is 6.78. The quantitative estimate of drug-likeness (QED) is 0.254. The number of hydrogen-bond acceptors (Lipinski definition) is 7. The number of halogens is 1. The van der Waals surface area contributed by atoms with Gasteiger partial charge in [-0.3, -0.25) is 9.59 Å². The van der Waals surface area contributed by atoms with Crippen LogP contribution in [-0.4, -0.2) is 37.3 Å². The summed E-state index contributed by atoms with van der Waals surface area (Å²) in [5, 5.41) is 17.4. The molecular weight excluding hydrogens is 468 g/mol. The Balaban J connectivity index is 1.56. The second-order valence-electron chi connectivity index (χ2n) is 6.50. The maximum absolute atomic E-state index is 12.2. The number of benzene rings is 1. The molecule has 2 N–H and O–H groups in total. The van der Waals surface area contributed by atoms with E-state index in [0.29, 0.717) is 27.7 Å². The molecule has 32 heavy (non-hydrogen) atoms. The third-order valence-electron chi connectivity index (χ3n) is 4.04. The molecule has 0 saturated carbocycles. The van der Waals surface area contributed by atoms with Crippen molar-refractivity contribution in [2.24, 2.45) is 0 Å². The van der Waals surface area contributed by atoms with E-state index >= 15 is 0 Å². The second kappa shape index (κ2) is 11.6. The Labute approximate surface area is 198 Å². The molecule has 166 valence electrons. The standard InChI is InChI=1S/C21H21ClN6O2S2/c1-3-10-28-17(11-23-18(29)9-8-15-6-4-5-7-16(15)22)26-27-21(28)32-13-19(30)25-20-24-14(2)12-31-20/h3-9,12H,1,10-11,13H2,2H3,(H,23,29)(H,24,25,30)/b9-8+. The fraction of sp³-hybridized carbons (Fsp3) is 0.190. The average molecular weight is 489 g/mol. The first kappa shape index (κ1) is 23.7. The lowest BCUT2D eigenvalue weighted by Crippen LogP contribution is -2.23. The van der Waals surface area contributed by atoms with E-state index < -0.39 is 0 Å². The highest BCUT2D eigenvalue weighted by Crippen LogP contribution is 2.19. The van der Waals surface area contributed by atoms with Gasteiger partial charge in [0.15, 0.2) is 16.1 Å². The summed E-state index contributed by atoms with van der Waals surface area (Å²) in [6.07, 6.45) is 4.76. The highest BCUT2D eigenvalue weighted by atomic mass is 35.5. The van der Waals surface area contributed by atoms with Crippen LogP contribution in [0.4, 0.5) is 5.13 Å². The van der Waals surface area contributed by atoms with E-state index in [1.165, 1.54) is 29.2 Å². The Kier molecular flexibility index (Phi) is 8.60. The number of amides is 2. The predicted molar refractivity (Wildman–Crippen MR) is 129 cm³/mol. The molecule has 0 saturated heterocycles. The number of carbonyl (C=O) groups is 2. The molecule has 0 spiro atoms. The summed E-state index contributed by atoms with van der Waals surface area (Å²) in [7, 11) is 0. The molecule has 11 heteroatoms. The minimum absolute atomic E-state index is 0.154. The Morgan fingerprint density at radius 3 is 2.84 bits per heavy atom. The van der Waals surface area contributed by atoms with Crippen molar-refractivity contribution in [3.8, 4) is 0 Å². The first-order valence-electron chi connectivity index (χ1n) is 9.54. The van der Waals surface area contributed by atoms with E-state index in [2.05, 4.69) is 32.4 Å². The van der Waals surface area contributed by atoms with E-state index in [4.69, 9.17) is 11.6 Å². The maximum Gasteiger partial charge on any atom is 0.244 e. The second-order valence-corrected chi connectivity index (χ2v) is 8.71. The summed E-state index contributed by atoms with van der Waals surface area (Å²) in [5.41, 5.74) is 1.61. The predicted octanol–water partition coefficient (Wildman–Crippen LogP) is 3.94. The van der Waals surface area contributed by atoms with Gasteiger partial charge >= 0.3 is 0 Å². The molecule has 1 aromatic carbocycles. The summed E-state index contributed by atoms with van der Waals surface area (Å²) < 4.78 is 1.80. The summed E-state index contributed by atoms with van der Waals surface area (Å²) in [6.45, 7) is 6.25. The maximum atomic E-state index is 12.2. The first-order chi connectivity index (χ1) is 15.5. The van der Waals surface area contributed by atoms with Crippen molar-refractivity contribution < 1.29 is 9.59 Å². The minimum atomic E-state index is -0.287. The van der Waals surface area contributed by atoms with Gasteiger partial charge in [-0.25, -0.2) is 4.98 Å². The molecule has 3 rings (SSSR count). The number of nitrogens with one attached hydrogen (secondary N) is 2. The van der Waals surface area contributed by atoms with Crippen LogP contribution in [0.5, 0.6) is 0 Å². The monoisotopic (exact) mass is 488 g/mol. The fourth-order valence-corrected chi connectivity index (χ4v) is 4.24. The lowest BCUT2D eigenvalue weighted by Gasteiger charge is -2.08. The molecule has 2 aromatic heterocycles. The Morgan fingerprint density at radius 2 is 2.12 bits per heavy atom. The normalized spacial score (nSPS) is 10.9. The summed E-state index contributed by atoms with van der Waals surface area (Å²) >= 11 is 8.72. The topological polar surface area (TPSA) is 102 Å². The van der Waals surface area contributed by atoms with E-state index in [1.807, 2.05) is 30.5 Å². The van der Waals surface area contributed by atoms with Gasteiger partial charge in [-0.15, -0.1) is 28.1 Å². The van der Waals surface area contributed by atoms with Crippen LogP contribution in [0.1, 0.15) is 17.1 Å². The molecule has 2 heterocycles. The van der Waals surface area contributed by atoms with Crippen LogP contribution in [0.15, 0.2) is 53.5 Å². The van der Waals surface area contributed by atoms with Gasteiger partial charge in [-0.2, -0.15) is 0 Å². The number of aryl methyl sites for hydroxylation is 1. The Morgan fingerprint density at radius 1 is 1.31 bits per heavy atom. The SMILES string of the molecule is C=CCn1c(CNC(=O)/C=C/c2ccccc2Cl)nnc1SCC(=O)Nc1nc(C)cs1. The largest absolute Gasteiger partial charge is 0.345 e. The molecule has 0 atom stereocenters. The van der Waals surface area contributed by atoms with Crippen molar-refractivity contribution in [1.29, 1.82) is 0 Å². The Hall–Kier alpha value is -2.95. The third-order valence-corrected chi connectivity index (χ3v) is 6.23. The van der Waals surface area contributed by atoms with Crippen molar-refractivity contribution in [1.82, 2.24) is 25.1 Å². The van der Waals surface area contributed by atoms with Gasteiger partial charge in [0.05, 0.1) is 18.0 Å². The van der Waals surface area contributed by atoms with Crippen LogP contribution in [0.2, 0.25) is 5.02 Å². The number of anilines is 1. The van der Waals surface area contributed by atoms with Crippen molar-refractivity contribution in [3.05, 3.63) is 70.5 Å². The highest BCUT2D eigenvalue weighted by molar-refractivity contribution is 7.99. The molecule has 2 amide bonds. The van der Waals surface area contributed by atoms with E-state index in [9.17, 15) is 9.59 Å². The number of rotatable bonds is 10. The molecular formula is C21H21ClN6O2S2. The van der Waals surface area contributed by atoms with Crippen LogP contribution in [0.3, 0.4) is 0 Å². The number of carbonyl (C=O) groups excluding carboxylic acids is 2. The van der Waals surface area contributed by atoms with Crippen molar-refractivity contribution in [2.45, 2.75) is 25.2 Å². The number of allylic oxidation sites excluding steroid dienone is 1. The highest BCUT2D eigenvalue weighted by Gasteiger charge is 2.14. The van der Waals surface area contributed by atoms with Crippen LogP contribution >= 0.6 is 34.7 Å². The van der Waals surface area contributed by atoms with Crippen molar-refractivity contribution in [2.75, 3.05) is 11.1 Å². The molecule has 0 aliphatic rings. The number of aromatic nitrogens is 4. The molecule has 0 bridgehead atoms. The number of thioether (sulfide) groups is 1. The molecule has 3 aromatic rings. The van der Waals surface area contributed by atoms with Gasteiger partial charge in [0, 0.05) is 23.0 Å². The van der Waals surface area contributed by atoms with E-state index in [1.54, 1.807) is 22.8 Å². The molecule has 8 nitrogen and oxygen atoms in total. The fourth-order valence-electron chi connectivity index (χ4n) is 2.57. The minimum Gasteiger partial charge on any atom is -0.345 e. The zero-order valence-electron chi connectivity index (χ0n) is 17.2. The van der Waals surface area contributed by atoms with Gasteiger partial charge < -0.3 is 15.2 Å². The lowest BCUT2D eigenvalue weighted by molar-refractivity contribution is -0.116. The molecule has 0 fully saturated rings. The van der Waals surface area contributed by atoms with Crippen LogP contribution in [0.25, 0.3) is 6.08 Å². The number of nitrogens with zero attached hydrogens (tertiary/aromatic N) is 4.